The number of hydrogen-bond acceptors (Lipinski definition) is 28. The molecular formula is C57H94O28. The predicted molar refractivity (Wildman–Crippen MR) is 283 cm³/mol. The zero-order valence-corrected chi connectivity index (χ0v) is 48.6. The molecule has 10 aliphatic rings. The number of fused-ring (bicyclic) bond motifs is 7. The van der Waals surface area contributed by atoms with E-state index in [9.17, 15) is 86.8 Å². The Kier molecular flexibility index (Phi) is 20.6. The van der Waals surface area contributed by atoms with Crippen molar-refractivity contribution in [3.63, 3.8) is 0 Å². The molecule has 9 fully saturated rings. The zero-order chi connectivity index (χ0) is 61.5. The maximum absolute atomic E-state index is 12.4. The molecule has 6 heterocycles. The van der Waals surface area contributed by atoms with E-state index in [1.54, 1.807) is 0 Å². The summed E-state index contributed by atoms with van der Waals surface area (Å²) in [6, 6.07) is 0. The highest BCUT2D eigenvalue weighted by atomic mass is 16.8. The standard InChI is InChI=1S/C57H94O28/c1-21(20-75-50-42(69)40(67)36(63)30(16-58)78-50)8-13-57(74)22(2)34-29(85-57)15-28-26-7-6-24-14-25(9-11-55(24,4)27(26)10-12-56(28,34)5)77-54-49(84-51-43(70)39(66)35(62)23(3)76-51)45(72)47(33(19-61)81-54)82-53-46(73)48(38(65)32(18-60)80-53)83-52-44(71)41(68)37(64)31(17-59)79-52/h6,21-23,25-54,58-74H,7-20H2,1-5H3/t21-,22-,23-,25-,26+,27-,28-,29-,30+,31+,32+,33+,34-,35-,36+,37+,38+,39+,40-,41-,42+,43+,44+,45-,46+,47+,48-,49+,50+,51-,52-,53-,54+,55-,56-,57-/m0/s1. The van der Waals surface area contributed by atoms with Gasteiger partial charge in [0.1, 0.15) is 116 Å². The molecule has 0 bridgehead atoms. The fourth-order valence-corrected chi connectivity index (χ4v) is 16.5. The molecule has 490 valence electrons. The molecule has 36 atom stereocenters. The van der Waals surface area contributed by atoms with Crippen LogP contribution in [0.25, 0.3) is 0 Å². The van der Waals surface area contributed by atoms with Gasteiger partial charge in [0.25, 0.3) is 0 Å². The van der Waals surface area contributed by atoms with Crippen LogP contribution in [0.3, 0.4) is 0 Å². The molecule has 28 nitrogen and oxygen atoms in total. The summed E-state index contributed by atoms with van der Waals surface area (Å²) in [6.07, 6.45) is -33.3. The second-order valence-electron chi connectivity index (χ2n) is 26.6. The number of allylic oxidation sites excluding steroid dienone is 1. The molecule has 3 saturated carbocycles. The van der Waals surface area contributed by atoms with Crippen LogP contribution < -0.4 is 0 Å². The van der Waals surface area contributed by atoms with Crippen molar-refractivity contribution in [1.82, 2.24) is 0 Å². The molecule has 28 heteroatoms. The lowest BCUT2D eigenvalue weighted by Gasteiger charge is -2.58. The van der Waals surface area contributed by atoms with Gasteiger partial charge in [0.05, 0.1) is 51.3 Å². The summed E-state index contributed by atoms with van der Waals surface area (Å²) in [5.41, 5.74) is 0.880. The van der Waals surface area contributed by atoms with Gasteiger partial charge in [0.2, 0.25) is 0 Å². The average Bonchev–Trinajstić information content (AvgIpc) is 1.60. The second kappa shape index (κ2) is 26.3. The van der Waals surface area contributed by atoms with Crippen LogP contribution in [0.1, 0.15) is 92.4 Å². The van der Waals surface area contributed by atoms with Crippen LogP contribution in [-0.2, 0) is 52.1 Å². The van der Waals surface area contributed by atoms with Gasteiger partial charge in [-0.1, -0.05) is 39.3 Å². The Morgan fingerprint density at radius 1 is 0.553 bits per heavy atom. The van der Waals surface area contributed by atoms with Crippen LogP contribution in [0.5, 0.6) is 0 Å². The lowest BCUT2D eigenvalue weighted by molar-refractivity contribution is -0.396. The van der Waals surface area contributed by atoms with E-state index in [1.807, 2.05) is 6.92 Å². The highest BCUT2D eigenvalue weighted by Gasteiger charge is 2.68. The Hall–Kier alpha value is -1.38. The molecule has 10 rings (SSSR count). The van der Waals surface area contributed by atoms with Crippen LogP contribution >= 0.6 is 0 Å². The van der Waals surface area contributed by atoms with Crippen molar-refractivity contribution in [3.05, 3.63) is 11.6 Å². The van der Waals surface area contributed by atoms with Crippen molar-refractivity contribution in [2.75, 3.05) is 33.0 Å². The number of rotatable bonds is 18. The molecular weight excluding hydrogens is 1130 g/mol. The molecule has 17 N–H and O–H groups in total. The van der Waals surface area contributed by atoms with E-state index >= 15 is 0 Å². The third-order valence-corrected chi connectivity index (χ3v) is 21.6. The first-order chi connectivity index (χ1) is 40.2. The lowest BCUT2D eigenvalue weighted by atomic mass is 9.47. The first-order valence-electron chi connectivity index (χ1n) is 30.4. The normalized spacial score (nSPS) is 54.8. The largest absolute Gasteiger partial charge is 0.394 e. The molecule has 0 radical (unpaired) electrons. The van der Waals surface area contributed by atoms with Crippen molar-refractivity contribution in [2.24, 2.45) is 46.3 Å². The third kappa shape index (κ3) is 12.2. The maximum Gasteiger partial charge on any atom is 0.187 e. The molecule has 0 spiro atoms. The number of hydrogen-bond donors (Lipinski definition) is 17. The van der Waals surface area contributed by atoms with Gasteiger partial charge in [-0.15, -0.1) is 0 Å². The van der Waals surface area contributed by atoms with Crippen LogP contribution in [0.2, 0.25) is 0 Å². The molecule has 6 saturated heterocycles. The van der Waals surface area contributed by atoms with Gasteiger partial charge < -0.3 is 139 Å². The number of ether oxygens (including phenoxy) is 11. The fraction of sp³-hybridized carbons (Fsp3) is 0.965. The molecule has 0 amide bonds. The van der Waals surface area contributed by atoms with Gasteiger partial charge in [0, 0.05) is 12.3 Å². The summed E-state index contributed by atoms with van der Waals surface area (Å²) in [5, 5.41) is 183. The Morgan fingerprint density at radius 2 is 1.09 bits per heavy atom. The zero-order valence-electron chi connectivity index (χ0n) is 48.6. The highest BCUT2D eigenvalue weighted by molar-refractivity contribution is 5.26. The lowest BCUT2D eigenvalue weighted by Crippen LogP contribution is -2.68. The summed E-state index contributed by atoms with van der Waals surface area (Å²) in [7, 11) is 0. The van der Waals surface area contributed by atoms with E-state index in [-0.39, 0.29) is 41.3 Å². The topological polar surface area (TPSA) is 445 Å². The second-order valence-corrected chi connectivity index (χ2v) is 26.6. The molecule has 0 aromatic heterocycles. The minimum Gasteiger partial charge on any atom is -0.394 e. The van der Waals surface area contributed by atoms with E-state index in [0.29, 0.717) is 43.4 Å². The molecule has 0 aromatic carbocycles. The smallest absolute Gasteiger partial charge is 0.187 e. The van der Waals surface area contributed by atoms with E-state index in [2.05, 4.69) is 26.8 Å². The molecule has 6 aliphatic heterocycles. The fourth-order valence-electron chi connectivity index (χ4n) is 16.5. The summed E-state index contributed by atoms with van der Waals surface area (Å²) in [5.74, 6) is -0.555. The minimum absolute atomic E-state index is 0.106. The van der Waals surface area contributed by atoms with E-state index in [1.165, 1.54) is 12.5 Å². The van der Waals surface area contributed by atoms with Gasteiger partial charge >= 0.3 is 0 Å². The van der Waals surface area contributed by atoms with E-state index in [4.69, 9.17) is 52.1 Å². The van der Waals surface area contributed by atoms with Crippen LogP contribution in [0, 0.1) is 46.3 Å². The Balaban J connectivity index is 0.803. The monoisotopic (exact) mass is 1230 g/mol. The molecule has 4 aliphatic carbocycles. The van der Waals surface area contributed by atoms with Crippen LogP contribution in [0.15, 0.2) is 11.6 Å². The number of aliphatic hydroxyl groups is 17. The Labute approximate surface area is 492 Å². The van der Waals surface area contributed by atoms with Gasteiger partial charge in [-0.25, -0.2) is 0 Å². The average molecular weight is 1230 g/mol. The molecule has 0 unspecified atom stereocenters. The first kappa shape index (κ1) is 66.5. The summed E-state index contributed by atoms with van der Waals surface area (Å²) in [6.45, 7) is 7.16. The summed E-state index contributed by atoms with van der Waals surface area (Å²) < 4.78 is 66.2. The minimum atomic E-state index is -2.04. The Morgan fingerprint density at radius 3 is 1.73 bits per heavy atom. The van der Waals surface area contributed by atoms with Gasteiger partial charge in [-0.3, -0.25) is 0 Å². The van der Waals surface area contributed by atoms with Crippen LogP contribution in [-0.4, -0.2) is 291 Å². The van der Waals surface area contributed by atoms with Crippen molar-refractivity contribution in [3.8, 4) is 0 Å². The van der Waals surface area contributed by atoms with Gasteiger partial charge in [-0.05, 0) is 98.7 Å². The van der Waals surface area contributed by atoms with E-state index in [0.717, 1.165) is 32.1 Å². The van der Waals surface area contributed by atoms with Gasteiger partial charge in [-0.2, -0.15) is 0 Å². The SMILES string of the molecule is C[C@@H](CC[C@]1(O)O[C@H]2C[C@H]3[C@@H]4CC=C5C[C@@H](O[C@@H]6O[C@H](CO)[C@@H](O[C@@H]7O[C@H](CO)[C@@H](O)[C@H](O[C@@H]8O[C@H](CO)[C@@H](O)[C@H](O)[C@H]8O)[C@H]7O)[C@H](O)[C@H]6O[C@@H]6O[C@@H](C)[C@H](O)[C@@H](O)[C@H]6O)CC[C@]5(C)[C@H]4CC[C@]3(C)[C@H]2[C@@H]1C)CO[C@@H]1O[C@H](CO)[C@@H](O)[C@H](O)[C@H]1O. The van der Waals surface area contributed by atoms with Crippen LogP contribution in [0.4, 0.5) is 0 Å². The quantitative estimate of drug-likeness (QED) is 0.0571. The maximum atomic E-state index is 12.4. The van der Waals surface area contributed by atoms with Crippen molar-refractivity contribution >= 4 is 0 Å². The third-order valence-electron chi connectivity index (χ3n) is 21.6. The summed E-state index contributed by atoms with van der Waals surface area (Å²) >= 11 is 0. The van der Waals surface area contributed by atoms with E-state index < -0.39 is 192 Å². The van der Waals surface area contributed by atoms with Crippen molar-refractivity contribution < 1.29 is 139 Å². The number of aliphatic hydroxyl groups excluding tert-OH is 16. The predicted octanol–water partition coefficient (Wildman–Crippen LogP) is -5.18. The first-order valence-corrected chi connectivity index (χ1v) is 30.4. The highest BCUT2D eigenvalue weighted by Crippen LogP contribution is 2.70. The molecule has 85 heavy (non-hydrogen) atoms. The summed E-state index contributed by atoms with van der Waals surface area (Å²) in [4.78, 5) is 0. The van der Waals surface area contributed by atoms with Crippen molar-refractivity contribution in [2.45, 2.75) is 264 Å². The molecule has 0 aromatic rings. The van der Waals surface area contributed by atoms with Crippen molar-refractivity contribution in [1.29, 1.82) is 0 Å². The van der Waals surface area contributed by atoms with Gasteiger partial charge in [0.15, 0.2) is 37.2 Å². The Bertz CT molecular complexity index is 2240.